The predicted molar refractivity (Wildman–Crippen MR) is 97.5 cm³/mol. The van der Waals surface area contributed by atoms with Gasteiger partial charge in [0.15, 0.2) is 0 Å². The normalized spacial score (nSPS) is 11.2. The molecule has 0 aliphatic rings. The Morgan fingerprint density at radius 3 is 2.52 bits per heavy atom. The van der Waals surface area contributed by atoms with Gasteiger partial charge in [-0.3, -0.25) is 4.90 Å². The summed E-state index contributed by atoms with van der Waals surface area (Å²) >= 11 is 5.54. The van der Waals surface area contributed by atoms with Gasteiger partial charge in [-0.1, -0.05) is 24.3 Å². The highest BCUT2D eigenvalue weighted by Crippen LogP contribution is 2.15. The molecule has 1 heterocycles. The fourth-order valence-corrected chi connectivity index (χ4v) is 2.87. The molecule has 0 N–H and O–H groups in total. The molecular formula is C18H20FN5S. The van der Waals surface area contributed by atoms with E-state index >= 15 is 0 Å². The van der Waals surface area contributed by atoms with E-state index in [-0.39, 0.29) is 5.82 Å². The summed E-state index contributed by atoms with van der Waals surface area (Å²) in [5, 5.41) is 8.39. The third-order valence-corrected chi connectivity index (χ3v) is 4.36. The number of rotatable bonds is 5. The molecule has 0 saturated heterocycles. The van der Waals surface area contributed by atoms with Crippen molar-refractivity contribution >= 4 is 12.2 Å². The Bertz CT molecular complexity index is 929. The zero-order valence-corrected chi connectivity index (χ0v) is 15.3. The summed E-state index contributed by atoms with van der Waals surface area (Å²) in [5.41, 5.74) is 4.20. The first-order valence-electron chi connectivity index (χ1n) is 7.97. The number of hydrogen-bond donors (Lipinski definition) is 0. The Morgan fingerprint density at radius 1 is 1.08 bits per heavy atom. The Morgan fingerprint density at radius 2 is 1.80 bits per heavy atom. The molecule has 0 aliphatic carbocycles. The maximum Gasteiger partial charge on any atom is 0.221 e. The van der Waals surface area contributed by atoms with Crippen molar-refractivity contribution in [3.63, 3.8) is 0 Å². The molecule has 130 valence electrons. The summed E-state index contributed by atoms with van der Waals surface area (Å²) in [5.74, 6) is -0.231. The summed E-state index contributed by atoms with van der Waals surface area (Å²) < 4.78 is 16.9. The molecule has 25 heavy (non-hydrogen) atoms. The van der Waals surface area contributed by atoms with Gasteiger partial charge in [0, 0.05) is 6.54 Å². The lowest BCUT2D eigenvalue weighted by Crippen LogP contribution is -2.22. The van der Waals surface area contributed by atoms with Gasteiger partial charge >= 0.3 is 0 Å². The lowest BCUT2D eigenvalue weighted by molar-refractivity contribution is 0.242. The molecule has 0 unspecified atom stereocenters. The molecule has 1 aromatic heterocycles. The van der Waals surface area contributed by atoms with Gasteiger partial charge in [0.2, 0.25) is 4.77 Å². The monoisotopic (exact) mass is 357 g/mol. The van der Waals surface area contributed by atoms with E-state index in [4.69, 9.17) is 12.2 Å². The second-order valence-electron chi connectivity index (χ2n) is 6.24. The summed E-state index contributed by atoms with van der Waals surface area (Å²) in [6.45, 7) is 5.23. The number of benzene rings is 2. The van der Waals surface area contributed by atoms with E-state index in [0.717, 1.165) is 22.4 Å². The van der Waals surface area contributed by atoms with Crippen LogP contribution in [0.4, 0.5) is 4.39 Å². The van der Waals surface area contributed by atoms with Gasteiger partial charge < -0.3 is 0 Å². The SMILES string of the molecule is Cc1ccc(C)c(-n2nnn(CN(C)Cc3ccc(F)cc3)c2=S)c1. The highest BCUT2D eigenvalue weighted by atomic mass is 32.1. The summed E-state index contributed by atoms with van der Waals surface area (Å²) in [6.07, 6.45) is 0. The molecule has 0 fully saturated rings. The predicted octanol–water partition coefficient (Wildman–Crippen LogP) is 3.64. The molecule has 0 amide bonds. The van der Waals surface area contributed by atoms with Crippen molar-refractivity contribution in [2.45, 2.75) is 27.1 Å². The Kier molecular flexibility index (Phi) is 5.06. The van der Waals surface area contributed by atoms with Crippen LogP contribution < -0.4 is 0 Å². The summed E-state index contributed by atoms with van der Waals surface area (Å²) in [6, 6.07) is 12.6. The van der Waals surface area contributed by atoms with Crippen LogP contribution in [0.25, 0.3) is 5.69 Å². The smallest absolute Gasteiger partial charge is 0.221 e. The second kappa shape index (κ2) is 7.25. The average Bonchev–Trinajstić information content (AvgIpc) is 2.93. The second-order valence-corrected chi connectivity index (χ2v) is 6.61. The maximum absolute atomic E-state index is 13.0. The van der Waals surface area contributed by atoms with Crippen LogP contribution in [0.15, 0.2) is 42.5 Å². The van der Waals surface area contributed by atoms with Gasteiger partial charge in [-0.25, -0.2) is 9.07 Å². The van der Waals surface area contributed by atoms with Gasteiger partial charge in [-0.05, 0) is 78.4 Å². The molecule has 0 aliphatic heterocycles. The fourth-order valence-electron chi connectivity index (χ4n) is 2.64. The van der Waals surface area contributed by atoms with Crippen LogP contribution in [-0.4, -0.2) is 31.7 Å². The Balaban J connectivity index is 1.78. The van der Waals surface area contributed by atoms with Crippen LogP contribution in [0, 0.1) is 24.4 Å². The van der Waals surface area contributed by atoms with Gasteiger partial charge in [0.25, 0.3) is 0 Å². The number of halogens is 1. The number of aromatic nitrogens is 4. The minimum absolute atomic E-state index is 0.231. The van der Waals surface area contributed by atoms with Gasteiger partial charge in [0.05, 0.1) is 12.4 Å². The lowest BCUT2D eigenvalue weighted by Gasteiger charge is -2.16. The van der Waals surface area contributed by atoms with Gasteiger partial charge in [-0.2, -0.15) is 4.68 Å². The molecule has 7 heteroatoms. The first-order chi connectivity index (χ1) is 11.9. The minimum atomic E-state index is -0.231. The first kappa shape index (κ1) is 17.4. The van der Waals surface area contributed by atoms with E-state index in [2.05, 4.69) is 16.5 Å². The molecule has 0 spiro atoms. The molecule has 0 atom stereocenters. The molecule has 5 nitrogen and oxygen atoms in total. The van der Waals surface area contributed by atoms with Crippen molar-refractivity contribution in [3.05, 3.63) is 69.7 Å². The van der Waals surface area contributed by atoms with Crippen LogP contribution in [0.3, 0.4) is 0 Å². The first-order valence-corrected chi connectivity index (χ1v) is 8.38. The van der Waals surface area contributed by atoms with E-state index in [0.29, 0.717) is 18.0 Å². The highest BCUT2D eigenvalue weighted by molar-refractivity contribution is 7.71. The third-order valence-electron chi connectivity index (χ3n) is 3.97. The highest BCUT2D eigenvalue weighted by Gasteiger charge is 2.10. The fraction of sp³-hybridized carbons (Fsp3) is 0.278. The van der Waals surface area contributed by atoms with E-state index in [1.54, 1.807) is 21.5 Å². The molecule has 0 bridgehead atoms. The van der Waals surface area contributed by atoms with Crippen molar-refractivity contribution < 1.29 is 4.39 Å². The molecule has 2 aromatic carbocycles. The van der Waals surface area contributed by atoms with E-state index in [1.165, 1.54) is 12.1 Å². The van der Waals surface area contributed by atoms with Crippen molar-refractivity contribution in [2.75, 3.05) is 7.05 Å². The molecule has 3 rings (SSSR count). The van der Waals surface area contributed by atoms with Crippen LogP contribution in [0.5, 0.6) is 0 Å². The average molecular weight is 357 g/mol. The van der Waals surface area contributed by atoms with Crippen molar-refractivity contribution in [3.8, 4) is 5.69 Å². The summed E-state index contributed by atoms with van der Waals surface area (Å²) in [7, 11) is 1.96. The van der Waals surface area contributed by atoms with E-state index < -0.39 is 0 Å². The topological polar surface area (TPSA) is 38.9 Å². The van der Waals surface area contributed by atoms with Crippen molar-refractivity contribution in [2.24, 2.45) is 0 Å². The van der Waals surface area contributed by atoms with Crippen LogP contribution >= 0.6 is 12.2 Å². The van der Waals surface area contributed by atoms with Gasteiger partial charge in [-0.15, -0.1) is 0 Å². The third kappa shape index (κ3) is 4.00. The van der Waals surface area contributed by atoms with Crippen molar-refractivity contribution in [1.29, 1.82) is 0 Å². The molecule has 0 radical (unpaired) electrons. The van der Waals surface area contributed by atoms with Crippen LogP contribution in [-0.2, 0) is 13.2 Å². The van der Waals surface area contributed by atoms with Crippen LogP contribution in [0.1, 0.15) is 16.7 Å². The van der Waals surface area contributed by atoms with Crippen molar-refractivity contribution in [1.82, 2.24) is 24.7 Å². The van der Waals surface area contributed by atoms with E-state index in [9.17, 15) is 4.39 Å². The number of nitrogens with zero attached hydrogens (tertiary/aromatic N) is 5. The van der Waals surface area contributed by atoms with Crippen LogP contribution in [0.2, 0.25) is 0 Å². The Hall–Kier alpha value is -2.38. The zero-order chi connectivity index (χ0) is 18.0. The van der Waals surface area contributed by atoms with Gasteiger partial charge in [0.1, 0.15) is 5.82 Å². The molecule has 0 saturated carbocycles. The summed E-state index contributed by atoms with van der Waals surface area (Å²) in [4.78, 5) is 2.05. The van der Waals surface area contributed by atoms with E-state index in [1.807, 2.05) is 37.9 Å². The molecule has 3 aromatic rings. The largest absolute Gasteiger partial charge is 0.283 e. The lowest BCUT2D eigenvalue weighted by atomic mass is 10.1. The molecular weight excluding hydrogens is 337 g/mol. The number of aryl methyl sites for hydroxylation is 2. The zero-order valence-electron chi connectivity index (χ0n) is 14.5. The number of tetrazole rings is 1. The standard InChI is InChI=1S/C18H20FN5S/c1-13-4-5-14(2)17(10-13)24-18(25)23(20-21-24)12-22(3)11-15-6-8-16(19)9-7-15/h4-10H,11-12H2,1-3H3. The Labute approximate surface area is 151 Å². The minimum Gasteiger partial charge on any atom is -0.283 e. The quantitative estimate of drug-likeness (QED) is 0.654. The maximum atomic E-state index is 13.0. The number of hydrogen-bond acceptors (Lipinski definition) is 4.